The standard InChI is InChI=1S/C22H34O3/c1-14-11-22-12-16(14)6-7-17(22)21(4)9-5-8-20(3,13-25-15(2)23)18(21)10-19(22)24/h16-19,24H,1,5-13H2,2-4H3. The van der Waals surface area contributed by atoms with Gasteiger partial charge < -0.3 is 9.84 Å². The summed E-state index contributed by atoms with van der Waals surface area (Å²) in [4.78, 5) is 11.4. The summed E-state index contributed by atoms with van der Waals surface area (Å²) < 4.78 is 5.49. The SMILES string of the molecule is C=C1CC23CC1CCC2C1(C)CCCC(C)(COC(C)=O)C1CC3O. The van der Waals surface area contributed by atoms with Gasteiger partial charge in [-0.25, -0.2) is 0 Å². The maximum absolute atomic E-state index is 11.4. The molecule has 7 unspecified atom stereocenters. The summed E-state index contributed by atoms with van der Waals surface area (Å²) >= 11 is 0. The molecule has 2 bridgehead atoms. The number of fused-ring (bicyclic) bond motifs is 3. The molecular weight excluding hydrogens is 312 g/mol. The zero-order chi connectivity index (χ0) is 18.0. The predicted octanol–water partition coefficient (Wildman–Crippen LogP) is 4.49. The molecule has 0 aromatic rings. The van der Waals surface area contributed by atoms with Gasteiger partial charge in [0.2, 0.25) is 0 Å². The summed E-state index contributed by atoms with van der Waals surface area (Å²) in [6.45, 7) is 11.1. The monoisotopic (exact) mass is 346 g/mol. The smallest absolute Gasteiger partial charge is 0.302 e. The first kappa shape index (κ1) is 17.6. The van der Waals surface area contributed by atoms with E-state index < -0.39 is 0 Å². The fourth-order valence-corrected chi connectivity index (χ4v) is 7.83. The van der Waals surface area contributed by atoms with Crippen molar-refractivity contribution in [2.45, 2.75) is 78.2 Å². The highest BCUT2D eigenvalue weighted by Crippen LogP contribution is 2.72. The molecule has 4 saturated carbocycles. The third-order valence-corrected chi connectivity index (χ3v) is 8.88. The van der Waals surface area contributed by atoms with Gasteiger partial charge in [-0.3, -0.25) is 4.79 Å². The van der Waals surface area contributed by atoms with Crippen LogP contribution in [0.1, 0.15) is 72.1 Å². The first-order valence-corrected chi connectivity index (χ1v) is 10.2. The molecule has 4 aliphatic rings. The number of aliphatic hydroxyl groups excluding tert-OH is 1. The van der Waals surface area contributed by atoms with Crippen molar-refractivity contribution in [1.29, 1.82) is 0 Å². The molecule has 0 aromatic carbocycles. The fraction of sp³-hybridized carbons (Fsp3) is 0.864. The number of rotatable bonds is 2. The van der Waals surface area contributed by atoms with Crippen molar-refractivity contribution in [3.05, 3.63) is 12.2 Å². The number of esters is 1. The van der Waals surface area contributed by atoms with E-state index in [2.05, 4.69) is 20.4 Å². The number of hydrogen-bond acceptors (Lipinski definition) is 3. The summed E-state index contributed by atoms with van der Waals surface area (Å²) in [6, 6.07) is 0. The Hall–Kier alpha value is -0.830. The normalized spacial score (nSPS) is 51.6. The van der Waals surface area contributed by atoms with Crippen LogP contribution >= 0.6 is 0 Å². The average Bonchev–Trinajstić information content (AvgIpc) is 2.79. The molecule has 4 fully saturated rings. The van der Waals surface area contributed by atoms with Crippen LogP contribution in [0.3, 0.4) is 0 Å². The zero-order valence-corrected chi connectivity index (χ0v) is 16.1. The maximum Gasteiger partial charge on any atom is 0.302 e. The number of carbonyl (C=O) groups excluding carboxylic acids is 1. The van der Waals surface area contributed by atoms with Gasteiger partial charge in [-0.15, -0.1) is 0 Å². The highest BCUT2D eigenvalue weighted by molar-refractivity contribution is 5.65. The van der Waals surface area contributed by atoms with Crippen molar-refractivity contribution in [1.82, 2.24) is 0 Å². The third-order valence-electron chi connectivity index (χ3n) is 8.88. The van der Waals surface area contributed by atoms with Crippen LogP contribution in [0.15, 0.2) is 12.2 Å². The topological polar surface area (TPSA) is 46.5 Å². The van der Waals surface area contributed by atoms with Gasteiger partial charge in [0, 0.05) is 17.8 Å². The Balaban J connectivity index is 1.69. The molecule has 0 aromatic heterocycles. The summed E-state index contributed by atoms with van der Waals surface area (Å²) in [7, 11) is 0. The van der Waals surface area contributed by atoms with Crippen LogP contribution in [-0.2, 0) is 9.53 Å². The van der Waals surface area contributed by atoms with E-state index in [0.717, 1.165) is 25.7 Å². The Labute approximate surface area is 152 Å². The van der Waals surface area contributed by atoms with Crippen molar-refractivity contribution >= 4 is 5.97 Å². The van der Waals surface area contributed by atoms with Gasteiger partial charge in [0.15, 0.2) is 0 Å². The van der Waals surface area contributed by atoms with E-state index in [1.54, 1.807) is 0 Å². The van der Waals surface area contributed by atoms with Crippen LogP contribution < -0.4 is 0 Å². The van der Waals surface area contributed by atoms with Crippen LogP contribution in [0, 0.1) is 34.0 Å². The molecule has 25 heavy (non-hydrogen) atoms. The molecule has 0 amide bonds. The quantitative estimate of drug-likeness (QED) is 0.592. The van der Waals surface area contributed by atoms with Gasteiger partial charge in [0.25, 0.3) is 0 Å². The molecular formula is C22H34O3. The van der Waals surface area contributed by atoms with Gasteiger partial charge in [0.1, 0.15) is 0 Å². The molecule has 0 radical (unpaired) electrons. The molecule has 3 nitrogen and oxygen atoms in total. The molecule has 3 heteroatoms. The van der Waals surface area contributed by atoms with E-state index in [-0.39, 0.29) is 28.3 Å². The number of hydrogen-bond donors (Lipinski definition) is 1. The minimum atomic E-state index is -0.229. The second-order valence-electron chi connectivity index (χ2n) is 10.2. The first-order chi connectivity index (χ1) is 11.7. The first-order valence-electron chi connectivity index (χ1n) is 10.2. The minimum absolute atomic E-state index is 0.00623. The second kappa shape index (κ2) is 5.58. The molecule has 0 heterocycles. The zero-order valence-electron chi connectivity index (χ0n) is 16.1. The maximum atomic E-state index is 11.4. The number of carbonyl (C=O) groups is 1. The predicted molar refractivity (Wildman–Crippen MR) is 97.8 cm³/mol. The third kappa shape index (κ3) is 2.37. The van der Waals surface area contributed by atoms with Crippen molar-refractivity contribution in [3.63, 3.8) is 0 Å². The lowest BCUT2D eigenvalue weighted by molar-refractivity contribution is -0.208. The molecule has 0 saturated heterocycles. The van der Waals surface area contributed by atoms with E-state index in [1.165, 1.54) is 38.2 Å². The Kier molecular flexibility index (Phi) is 3.92. The fourth-order valence-electron chi connectivity index (χ4n) is 7.83. The van der Waals surface area contributed by atoms with E-state index >= 15 is 0 Å². The van der Waals surface area contributed by atoms with E-state index in [4.69, 9.17) is 4.74 Å². The Morgan fingerprint density at radius 2 is 2.04 bits per heavy atom. The molecule has 4 aliphatic carbocycles. The van der Waals surface area contributed by atoms with Crippen LogP contribution in [-0.4, -0.2) is 23.8 Å². The lowest BCUT2D eigenvalue weighted by Crippen LogP contribution is -2.62. The van der Waals surface area contributed by atoms with E-state index in [0.29, 0.717) is 24.4 Å². The molecule has 140 valence electrons. The molecule has 7 atom stereocenters. The lowest BCUT2D eigenvalue weighted by Gasteiger charge is -2.65. The highest BCUT2D eigenvalue weighted by Gasteiger charge is 2.66. The van der Waals surface area contributed by atoms with Gasteiger partial charge >= 0.3 is 5.97 Å². The Morgan fingerprint density at radius 3 is 2.76 bits per heavy atom. The van der Waals surface area contributed by atoms with Gasteiger partial charge in [-0.2, -0.15) is 0 Å². The molecule has 1 N–H and O–H groups in total. The van der Waals surface area contributed by atoms with Gasteiger partial charge in [0.05, 0.1) is 12.7 Å². The average molecular weight is 347 g/mol. The van der Waals surface area contributed by atoms with Crippen LogP contribution in [0.5, 0.6) is 0 Å². The summed E-state index contributed by atoms with van der Waals surface area (Å²) in [5.74, 6) is 1.47. The summed E-state index contributed by atoms with van der Waals surface area (Å²) in [5.41, 5.74) is 1.71. The minimum Gasteiger partial charge on any atom is -0.465 e. The van der Waals surface area contributed by atoms with Crippen LogP contribution in [0.25, 0.3) is 0 Å². The highest BCUT2D eigenvalue weighted by atomic mass is 16.5. The molecule has 4 rings (SSSR count). The lowest BCUT2D eigenvalue weighted by atomic mass is 9.40. The van der Waals surface area contributed by atoms with Crippen LogP contribution in [0.2, 0.25) is 0 Å². The van der Waals surface area contributed by atoms with Crippen LogP contribution in [0.4, 0.5) is 0 Å². The summed E-state index contributed by atoms with van der Waals surface area (Å²) in [6.07, 6.45) is 8.87. The number of ether oxygens (including phenoxy) is 1. The van der Waals surface area contributed by atoms with Gasteiger partial charge in [-0.1, -0.05) is 32.4 Å². The largest absolute Gasteiger partial charge is 0.465 e. The van der Waals surface area contributed by atoms with Crippen molar-refractivity contribution in [3.8, 4) is 0 Å². The second-order valence-corrected chi connectivity index (χ2v) is 10.2. The van der Waals surface area contributed by atoms with Gasteiger partial charge in [-0.05, 0) is 68.1 Å². The van der Waals surface area contributed by atoms with Crippen molar-refractivity contribution < 1.29 is 14.6 Å². The summed E-state index contributed by atoms with van der Waals surface area (Å²) in [5, 5.41) is 11.3. The number of allylic oxidation sites excluding steroid dienone is 1. The molecule has 1 spiro atoms. The van der Waals surface area contributed by atoms with E-state index in [1.807, 2.05) is 0 Å². The van der Waals surface area contributed by atoms with Crippen molar-refractivity contribution in [2.24, 2.45) is 34.0 Å². The van der Waals surface area contributed by atoms with Crippen molar-refractivity contribution in [2.75, 3.05) is 6.61 Å². The van der Waals surface area contributed by atoms with E-state index in [9.17, 15) is 9.90 Å². The Morgan fingerprint density at radius 1 is 1.28 bits per heavy atom. The number of aliphatic hydroxyl groups is 1. The molecule has 0 aliphatic heterocycles. The Bertz CT molecular complexity index is 598.